The highest BCUT2D eigenvalue weighted by atomic mass is 16.3. The smallest absolute Gasteiger partial charge is 0.147 e. The Morgan fingerprint density at radius 2 is 0.860 bits per heavy atom. The molecule has 0 atom stereocenters. The summed E-state index contributed by atoms with van der Waals surface area (Å²) in [6.45, 7) is 0. The van der Waals surface area contributed by atoms with Crippen LogP contribution in [-0.2, 0) is 0 Å². The van der Waals surface area contributed by atoms with E-state index in [9.17, 15) is 0 Å². The molecule has 232 valence electrons. The van der Waals surface area contributed by atoms with Gasteiger partial charge in [0.15, 0.2) is 0 Å². The van der Waals surface area contributed by atoms with Gasteiger partial charge in [-0.1, -0.05) is 127 Å². The third kappa shape index (κ3) is 3.96. The van der Waals surface area contributed by atoms with E-state index >= 15 is 0 Å². The Kier molecular flexibility index (Phi) is 5.70. The minimum absolute atomic E-state index is 0.833. The molecule has 9 aromatic carbocycles. The van der Waals surface area contributed by atoms with Gasteiger partial charge in [-0.15, -0.1) is 0 Å². The summed E-state index contributed by atoms with van der Waals surface area (Å²) in [7, 11) is 0. The van der Waals surface area contributed by atoms with Crippen molar-refractivity contribution in [2.24, 2.45) is 0 Å². The van der Waals surface area contributed by atoms with Crippen LogP contribution in [0.5, 0.6) is 0 Å². The van der Waals surface area contributed by atoms with Gasteiger partial charge in [-0.2, -0.15) is 0 Å². The van der Waals surface area contributed by atoms with E-state index in [2.05, 4.69) is 158 Å². The quantitative estimate of drug-likeness (QED) is 0.180. The van der Waals surface area contributed by atoms with Gasteiger partial charge in [0.25, 0.3) is 0 Å². The molecule has 2 nitrogen and oxygen atoms in total. The first-order valence-electron chi connectivity index (χ1n) is 17.1. The lowest BCUT2D eigenvalue weighted by Gasteiger charge is -2.18. The molecule has 2 heterocycles. The molecule has 0 bridgehead atoms. The van der Waals surface area contributed by atoms with Crippen LogP contribution in [0.4, 0.5) is 0 Å². The third-order valence-corrected chi connectivity index (χ3v) is 10.4. The van der Waals surface area contributed by atoms with E-state index in [-0.39, 0.29) is 0 Å². The summed E-state index contributed by atoms with van der Waals surface area (Å²) >= 11 is 0. The number of fused-ring (bicyclic) bond motifs is 10. The summed E-state index contributed by atoms with van der Waals surface area (Å²) in [4.78, 5) is 0. The minimum Gasteiger partial charge on any atom is -0.456 e. The van der Waals surface area contributed by atoms with Gasteiger partial charge < -0.3 is 8.83 Å². The Morgan fingerprint density at radius 1 is 0.280 bits per heavy atom. The van der Waals surface area contributed by atoms with Gasteiger partial charge in [0, 0.05) is 16.2 Å². The minimum atomic E-state index is 0.833. The lowest BCUT2D eigenvalue weighted by Crippen LogP contribution is -1.91. The van der Waals surface area contributed by atoms with E-state index in [0.29, 0.717) is 0 Å². The first-order valence-corrected chi connectivity index (χ1v) is 17.1. The highest BCUT2D eigenvalue weighted by molar-refractivity contribution is 6.24. The predicted octanol–water partition coefficient (Wildman–Crippen LogP) is 13.9. The predicted molar refractivity (Wildman–Crippen MR) is 210 cm³/mol. The zero-order valence-corrected chi connectivity index (χ0v) is 27.0. The van der Waals surface area contributed by atoms with E-state index in [0.717, 1.165) is 49.4 Å². The van der Waals surface area contributed by atoms with E-state index in [4.69, 9.17) is 8.83 Å². The van der Waals surface area contributed by atoms with Crippen LogP contribution in [0.25, 0.3) is 110 Å². The zero-order valence-electron chi connectivity index (χ0n) is 27.0. The molecular weight excluding hydrogens is 609 g/mol. The molecule has 0 saturated carbocycles. The van der Waals surface area contributed by atoms with Crippen molar-refractivity contribution in [2.75, 3.05) is 0 Å². The molecule has 2 heteroatoms. The van der Waals surface area contributed by atoms with Crippen molar-refractivity contribution in [3.8, 4) is 33.4 Å². The fourth-order valence-electron chi connectivity index (χ4n) is 8.17. The Labute approximate surface area is 287 Å². The van der Waals surface area contributed by atoms with Crippen LogP contribution in [0.3, 0.4) is 0 Å². The summed E-state index contributed by atoms with van der Waals surface area (Å²) in [5, 5.41) is 11.7. The van der Waals surface area contributed by atoms with Crippen molar-refractivity contribution < 1.29 is 8.83 Å². The molecule has 0 N–H and O–H groups in total. The summed E-state index contributed by atoms with van der Waals surface area (Å²) in [6.07, 6.45) is 0. The highest BCUT2D eigenvalue weighted by Crippen LogP contribution is 2.46. The molecule has 0 radical (unpaired) electrons. The summed E-state index contributed by atoms with van der Waals surface area (Å²) in [5.74, 6) is 0. The van der Waals surface area contributed by atoms with Gasteiger partial charge in [-0.25, -0.2) is 0 Å². The molecule has 11 rings (SSSR count). The van der Waals surface area contributed by atoms with Crippen LogP contribution < -0.4 is 0 Å². The maximum Gasteiger partial charge on any atom is 0.147 e. The van der Waals surface area contributed by atoms with Crippen LogP contribution in [0.1, 0.15) is 0 Å². The number of rotatable bonds is 3. The van der Waals surface area contributed by atoms with Gasteiger partial charge >= 0.3 is 0 Å². The van der Waals surface area contributed by atoms with Gasteiger partial charge in [0.2, 0.25) is 0 Å². The number of benzene rings is 9. The summed E-state index contributed by atoms with van der Waals surface area (Å²) in [5.41, 5.74) is 10.7. The molecule has 0 amide bonds. The monoisotopic (exact) mass is 636 g/mol. The second kappa shape index (κ2) is 10.4. The molecule has 0 aliphatic carbocycles. The lowest BCUT2D eigenvalue weighted by molar-refractivity contribution is 0.663. The zero-order chi connectivity index (χ0) is 32.8. The second-order valence-electron chi connectivity index (χ2n) is 13.2. The molecule has 0 aliphatic heterocycles. The maximum atomic E-state index is 6.56. The fraction of sp³-hybridized carbons (Fsp3) is 0. The van der Waals surface area contributed by atoms with Crippen LogP contribution >= 0.6 is 0 Å². The van der Waals surface area contributed by atoms with E-state index in [1.165, 1.54) is 60.1 Å². The number of para-hydroxylation sites is 1. The molecule has 0 unspecified atom stereocenters. The Hall–Kier alpha value is -6.64. The second-order valence-corrected chi connectivity index (χ2v) is 13.2. The van der Waals surface area contributed by atoms with Crippen LogP contribution in [0.15, 0.2) is 179 Å². The topological polar surface area (TPSA) is 26.3 Å². The van der Waals surface area contributed by atoms with Crippen molar-refractivity contribution in [2.45, 2.75) is 0 Å². The van der Waals surface area contributed by atoms with Crippen molar-refractivity contribution >= 4 is 76.2 Å². The van der Waals surface area contributed by atoms with Gasteiger partial charge in [0.05, 0.1) is 5.39 Å². The van der Waals surface area contributed by atoms with Crippen LogP contribution in [-0.4, -0.2) is 0 Å². The summed E-state index contributed by atoms with van der Waals surface area (Å²) in [6, 6.07) is 61.0. The standard InChI is InChI=1S/C48H28O2/c1-2-11-30-26-32(21-20-29(30)10-1)31-12-9-13-33(27-31)45-36-15-3-5-17-38(36)46(39-18-6-4-16-37(39)45)34-22-23-41-44(28-34)49-43-25-24-40-35-14-7-8-19-42(35)50-48(40)47(41)43/h1-28H. The van der Waals surface area contributed by atoms with Crippen molar-refractivity contribution in [3.05, 3.63) is 170 Å². The average Bonchev–Trinajstić information content (AvgIpc) is 3.74. The number of hydrogen-bond donors (Lipinski definition) is 0. The number of furan rings is 2. The largest absolute Gasteiger partial charge is 0.456 e. The van der Waals surface area contributed by atoms with Crippen molar-refractivity contribution in [3.63, 3.8) is 0 Å². The van der Waals surface area contributed by atoms with E-state index < -0.39 is 0 Å². The first-order chi connectivity index (χ1) is 24.8. The van der Waals surface area contributed by atoms with Crippen LogP contribution in [0.2, 0.25) is 0 Å². The van der Waals surface area contributed by atoms with Gasteiger partial charge in [-0.3, -0.25) is 0 Å². The summed E-state index contributed by atoms with van der Waals surface area (Å²) < 4.78 is 13.0. The lowest BCUT2D eigenvalue weighted by atomic mass is 9.85. The Bertz CT molecular complexity index is 3100. The average molecular weight is 637 g/mol. The fourth-order valence-corrected chi connectivity index (χ4v) is 8.17. The molecule has 11 aromatic rings. The Balaban J connectivity index is 1.13. The molecule has 0 saturated heterocycles. The molecule has 0 fully saturated rings. The van der Waals surface area contributed by atoms with Crippen molar-refractivity contribution in [1.82, 2.24) is 0 Å². The van der Waals surface area contributed by atoms with Gasteiger partial charge in [-0.05, 0) is 108 Å². The van der Waals surface area contributed by atoms with E-state index in [1.807, 2.05) is 12.1 Å². The highest BCUT2D eigenvalue weighted by Gasteiger charge is 2.20. The molecule has 0 aliphatic rings. The normalized spacial score (nSPS) is 12.0. The molecule has 50 heavy (non-hydrogen) atoms. The SMILES string of the molecule is c1cc(-c2ccc3ccccc3c2)cc(-c2c3ccccc3c(-c3ccc4c(c3)oc3ccc5c6ccccc6oc5c34)c3ccccc23)c1. The third-order valence-electron chi connectivity index (χ3n) is 10.4. The number of hydrogen-bond acceptors (Lipinski definition) is 2. The molecule has 0 spiro atoms. The van der Waals surface area contributed by atoms with Crippen LogP contribution in [0, 0.1) is 0 Å². The van der Waals surface area contributed by atoms with Crippen molar-refractivity contribution in [1.29, 1.82) is 0 Å². The Morgan fingerprint density at radius 3 is 1.62 bits per heavy atom. The van der Waals surface area contributed by atoms with E-state index in [1.54, 1.807) is 0 Å². The molecular formula is C48H28O2. The first kappa shape index (κ1) is 27.3. The molecule has 2 aromatic heterocycles. The van der Waals surface area contributed by atoms with Gasteiger partial charge in [0.1, 0.15) is 22.3 Å². The maximum absolute atomic E-state index is 6.56.